The van der Waals surface area contributed by atoms with Gasteiger partial charge in [-0.05, 0) is 18.1 Å². The molecule has 1 amide bonds. The summed E-state index contributed by atoms with van der Waals surface area (Å²) < 4.78 is 28.2. The molecule has 1 spiro atoms. The molecule has 1 aromatic carbocycles. The van der Waals surface area contributed by atoms with E-state index in [4.69, 9.17) is 5.26 Å². The number of nitriles is 1. The topological polar surface area (TPSA) is 56.1 Å². The Morgan fingerprint density at radius 2 is 2.09 bits per heavy atom. The number of likely N-dealkylation sites (tertiary alicyclic amines) is 1. The van der Waals surface area contributed by atoms with Gasteiger partial charge in [-0.25, -0.2) is 8.78 Å². The van der Waals surface area contributed by atoms with Crippen molar-refractivity contribution in [1.29, 1.82) is 5.26 Å². The number of nitrogens with zero attached hydrogens (tertiary/aromatic N) is 2. The third-order valence-corrected chi connectivity index (χ3v) is 4.48. The van der Waals surface area contributed by atoms with Crippen LogP contribution in [0.4, 0.5) is 8.78 Å². The Morgan fingerprint density at radius 3 is 2.77 bits per heavy atom. The number of alkyl halides is 2. The van der Waals surface area contributed by atoms with Crippen LogP contribution in [-0.4, -0.2) is 36.4 Å². The molecule has 2 saturated heterocycles. The van der Waals surface area contributed by atoms with Crippen LogP contribution in [0.3, 0.4) is 0 Å². The fraction of sp³-hybridized carbons (Fsp3) is 0.500. The number of hydrogen-bond donors (Lipinski definition) is 1. The van der Waals surface area contributed by atoms with Crippen molar-refractivity contribution in [2.45, 2.75) is 25.3 Å². The van der Waals surface area contributed by atoms with E-state index in [-0.39, 0.29) is 25.4 Å². The van der Waals surface area contributed by atoms with E-state index in [1.54, 1.807) is 29.2 Å². The Labute approximate surface area is 127 Å². The lowest BCUT2D eigenvalue weighted by atomic mass is 9.77. The molecule has 2 heterocycles. The lowest BCUT2D eigenvalue weighted by Crippen LogP contribution is -2.54. The molecule has 3 rings (SSSR count). The van der Waals surface area contributed by atoms with Gasteiger partial charge in [0, 0.05) is 26.1 Å². The minimum Gasteiger partial charge on any atom is -0.356 e. The summed E-state index contributed by atoms with van der Waals surface area (Å²) in [5.74, 6) is -3.16. The van der Waals surface area contributed by atoms with E-state index in [9.17, 15) is 13.6 Å². The highest BCUT2D eigenvalue weighted by Crippen LogP contribution is 2.43. The average molecular weight is 305 g/mol. The minimum absolute atomic E-state index is 0.258. The van der Waals surface area contributed by atoms with Gasteiger partial charge in [-0.15, -0.1) is 0 Å². The minimum atomic E-state index is -2.89. The molecule has 0 aliphatic carbocycles. The van der Waals surface area contributed by atoms with Crippen molar-refractivity contribution in [3.05, 3.63) is 35.4 Å². The molecule has 116 valence electrons. The lowest BCUT2D eigenvalue weighted by molar-refractivity contribution is -0.149. The largest absolute Gasteiger partial charge is 0.356 e. The number of piperidine rings is 1. The van der Waals surface area contributed by atoms with E-state index in [0.717, 1.165) is 5.56 Å². The van der Waals surface area contributed by atoms with Crippen molar-refractivity contribution < 1.29 is 13.6 Å². The molecule has 1 unspecified atom stereocenters. The van der Waals surface area contributed by atoms with Crippen LogP contribution in [0.2, 0.25) is 0 Å². The molecule has 2 aliphatic heterocycles. The number of amides is 1. The predicted octanol–water partition coefficient (Wildman–Crippen LogP) is 1.91. The number of halogens is 2. The van der Waals surface area contributed by atoms with E-state index in [0.29, 0.717) is 25.1 Å². The summed E-state index contributed by atoms with van der Waals surface area (Å²) in [7, 11) is 0. The third kappa shape index (κ3) is 2.69. The van der Waals surface area contributed by atoms with Gasteiger partial charge in [-0.2, -0.15) is 5.26 Å². The molecule has 0 bridgehead atoms. The third-order valence-electron chi connectivity index (χ3n) is 4.48. The van der Waals surface area contributed by atoms with Gasteiger partial charge in [0.1, 0.15) is 0 Å². The average Bonchev–Trinajstić information content (AvgIpc) is 2.77. The van der Waals surface area contributed by atoms with Crippen molar-refractivity contribution >= 4 is 5.91 Å². The van der Waals surface area contributed by atoms with Gasteiger partial charge in [-0.3, -0.25) is 9.69 Å². The van der Waals surface area contributed by atoms with Crippen LogP contribution in [0.25, 0.3) is 0 Å². The summed E-state index contributed by atoms with van der Waals surface area (Å²) in [6.45, 7) is 0.655. The second-order valence-electron chi connectivity index (χ2n) is 6.23. The number of carbonyl (C=O) groups is 1. The molecule has 0 radical (unpaired) electrons. The first-order chi connectivity index (χ1) is 10.4. The van der Waals surface area contributed by atoms with Crippen molar-refractivity contribution in [3.63, 3.8) is 0 Å². The first kappa shape index (κ1) is 14.9. The molecule has 6 heteroatoms. The number of rotatable bonds is 2. The van der Waals surface area contributed by atoms with Crippen molar-refractivity contribution in [2.75, 3.05) is 19.6 Å². The molecular weight excluding hydrogens is 288 g/mol. The molecule has 0 aromatic heterocycles. The predicted molar refractivity (Wildman–Crippen MR) is 76.1 cm³/mol. The highest BCUT2D eigenvalue weighted by Gasteiger charge is 2.54. The number of benzene rings is 1. The Morgan fingerprint density at radius 1 is 1.32 bits per heavy atom. The van der Waals surface area contributed by atoms with Gasteiger partial charge in [0.15, 0.2) is 0 Å². The number of nitrogens with one attached hydrogen (secondary N) is 1. The van der Waals surface area contributed by atoms with Gasteiger partial charge >= 0.3 is 0 Å². The fourth-order valence-electron chi connectivity index (χ4n) is 3.57. The van der Waals surface area contributed by atoms with Crippen LogP contribution >= 0.6 is 0 Å². The molecule has 1 aromatic rings. The van der Waals surface area contributed by atoms with Crippen molar-refractivity contribution in [3.8, 4) is 6.07 Å². The highest BCUT2D eigenvalue weighted by atomic mass is 19.3. The van der Waals surface area contributed by atoms with E-state index < -0.39 is 11.3 Å². The van der Waals surface area contributed by atoms with Crippen LogP contribution < -0.4 is 5.32 Å². The maximum absolute atomic E-state index is 14.1. The van der Waals surface area contributed by atoms with Crippen molar-refractivity contribution in [1.82, 2.24) is 10.2 Å². The number of carbonyl (C=O) groups excluding carboxylic acids is 1. The van der Waals surface area contributed by atoms with E-state index in [2.05, 4.69) is 11.4 Å². The standard InChI is InChI=1S/C16H17F2N3O/c17-16(18)9-15(5-6-20-14(15)22)10-21(11-16)8-13-4-2-1-3-12(13)7-19/h1-4H,5-6,8-11H2,(H,20,22). The summed E-state index contributed by atoms with van der Waals surface area (Å²) in [6, 6.07) is 9.07. The van der Waals surface area contributed by atoms with E-state index >= 15 is 0 Å². The van der Waals surface area contributed by atoms with Crippen LogP contribution in [0.15, 0.2) is 24.3 Å². The second-order valence-corrected chi connectivity index (χ2v) is 6.23. The monoisotopic (exact) mass is 305 g/mol. The second kappa shape index (κ2) is 5.33. The summed E-state index contributed by atoms with van der Waals surface area (Å²) >= 11 is 0. The summed E-state index contributed by atoms with van der Waals surface area (Å²) in [5.41, 5.74) is 0.209. The molecule has 2 fully saturated rings. The summed E-state index contributed by atoms with van der Waals surface area (Å²) in [5, 5.41) is 11.8. The van der Waals surface area contributed by atoms with Gasteiger partial charge in [0.25, 0.3) is 5.92 Å². The Hall–Kier alpha value is -2.00. The smallest absolute Gasteiger partial charge is 0.261 e. The van der Waals surface area contributed by atoms with Gasteiger partial charge in [0.2, 0.25) is 5.91 Å². The Balaban J connectivity index is 1.85. The zero-order valence-corrected chi connectivity index (χ0v) is 12.1. The van der Waals surface area contributed by atoms with Gasteiger partial charge < -0.3 is 5.32 Å². The molecule has 1 N–H and O–H groups in total. The van der Waals surface area contributed by atoms with E-state index in [1.807, 2.05) is 0 Å². The van der Waals surface area contributed by atoms with Gasteiger partial charge in [0.05, 0.1) is 23.6 Å². The maximum atomic E-state index is 14.1. The maximum Gasteiger partial charge on any atom is 0.261 e. The normalized spacial score (nSPS) is 27.6. The number of hydrogen-bond acceptors (Lipinski definition) is 3. The highest BCUT2D eigenvalue weighted by molar-refractivity contribution is 5.85. The SMILES string of the molecule is N#Cc1ccccc1CN1CC(F)(F)CC2(CCNC2=O)C1. The molecular formula is C16H17F2N3O. The Kier molecular flexibility index (Phi) is 3.61. The quantitative estimate of drug-likeness (QED) is 0.908. The van der Waals surface area contributed by atoms with Crippen LogP contribution in [0.1, 0.15) is 24.0 Å². The van der Waals surface area contributed by atoms with Crippen LogP contribution in [0.5, 0.6) is 0 Å². The first-order valence-electron chi connectivity index (χ1n) is 7.31. The summed E-state index contributed by atoms with van der Waals surface area (Å²) in [4.78, 5) is 13.6. The van der Waals surface area contributed by atoms with Crippen molar-refractivity contribution in [2.24, 2.45) is 5.41 Å². The molecule has 2 aliphatic rings. The Bertz CT molecular complexity index is 641. The zero-order chi connectivity index (χ0) is 15.8. The summed E-state index contributed by atoms with van der Waals surface area (Å²) in [6.07, 6.45) is 0.0556. The zero-order valence-electron chi connectivity index (χ0n) is 12.1. The fourth-order valence-corrected chi connectivity index (χ4v) is 3.57. The molecule has 4 nitrogen and oxygen atoms in total. The van der Waals surface area contributed by atoms with Gasteiger partial charge in [-0.1, -0.05) is 18.2 Å². The van der Waals surface area contributed by atoms with Crippen LogP contribution in [0, 0.1) is 16.7 Å². The molecule has 0 saturated carbocycles. The lowest BCUT2D eigenvalue weighted by Gasteiger charge is -2.42. The molecule has 1 atom stereocenters. The van der Waals surface area contributed by atoms with E-state index in [1.165, 1.54) is 0 Å². The molecule has 22 heavy (non-hydrogen) atoms. The van der Waals surface area contributed by atoms with Crippen LogP contribution in [-0.2, 0) is 11.3 Å². The first-order valence-corrected chi connectivity index (χ1v) is 7.31.